The fraction of sp³-hybridized carbons (Fsp3) is 0.417. The first-order chi connectivity index (χ1) is 7.97. The molecule has 0 radical (unpaired) electrons. The van der Waals surface area contributed by atoms with Gasteiger partial charge >= 0.3 is 0 Å². The normalized spacial score (nSPS) is 12.6. The Bertz CT molecular complexity index is 389. The lowest BCUT2D eigenvalue weighted by Crippen LogP contribution is -2.40. The molecule has 0 aliphatic heterocycles. The van der Waals surface area contributed by atoms with E-state index in [1.807, 2.05) is 13.8 Å². The highest BCUT2D eigenvalue weighted by Crippen LogP contribution is 2.13. The summed E-state index contributed by atoms with van der Waals surface area (Å²) in [6.45, 7) is 3.73. The molecule has 0 fully saturated rings. The highest BCUT2D eigenvalue weighted by molar-refractivity contribution is 6.18. The second-order valence-electron chi connectivity index (χ2n) is 4.07. The Hall–Kier alpha value is -1.16. The third-order valence-electron chi connectivity index (χ3n) is 2.48. The van der Waals surface area contributed by atoms with Crippen LogP contribution in [0.5, 0.6) is 0 Å². The first-order valence-electron chi connectivity index (χ1n) is 5.28. The topological polar surface area (TPSA) is 29.1 Å². The van der Waals surface area contributed by atoms with Crippen LogP contribution < -0.4 is 5.32 Å². The lowest BCUT2D eigenvalue weighted by atomic mass is 10.1. The van der Waals surface area contributed by atoms with Gasteiger partial charge in [-0.15, -0.1) is 11.6 Å². The van der Waals surface area contributed by atoms with Crippen LogP contribution in [0.15, 0.2) is 18.2 Å². The molecule has 0 aliphatic carbocycles. The number of carbonyl (C=O) groups excluding carboxylic acids is 1. The molecule has 0 heterocycles. The first-order valence-corrected chi connectivity index (χ1v) is 5.81. The van der Waals surface area contributed by atoms with Gasteiger partial charge in [-0.2, -0.15) is 0 Å². The predicted molar refractivity (Wildman–Crippen MR) is 63.2 cm³/mol. The van der Waals surface area contributed by atoms with Gasteiger partial charge in [0.05, 0.1) is 0 Å². The minimum atomic E-state index is -0.875. The molecule has 1 rings (SSSR count). The van der Waals surface area contributed by atoms with Crippen molar-refractivity contribution in [2.24, 2.45) is 5.92 Å². The Kier molecular flexibility index (Phi) is 4.87. The smallest absolute Gasteiger partial charge is 0.257 e. The highest BCUT2D eigenvalue weighted by atomic mass is 35.5. The summed E-state index contributed by atoms with van der Waals surface area (Å²) in [6.07, 6.45) is 0. The minimum Gasteiger partial charge on any atom is -0.348 e. The molecule has 94 valence electrons. The number of nitrogens with one attached hydrogen (secondary N) is 1. The summed E-state index contributed by atoms with van der Waals surface area (Å²) in [5, 5.41) is 2.51. The molecule has 1 atom stereocenters. The van der Waals surface area contributed by atoms with Crippen molar-refractivity contribution in [3.8, 4) is 0 Å². The summed E-state index contributed by atoms with van der Waals surface area (Å²) >= 11 is 5.67. The van der Waals surface area contributed by atoms with Gasteiger partial charge in [0, 0.05) is 11.9 Å². The molecule has 2 nitrogen and oxygen atoms in total. The molecule has 1 aromatic rings. The number of benzene rings is 1. The summed E-state index contributed by atoms with van der Waals surface area (Å²) < 4.78 is 26.6. The van der Waals surface area contributed by atoms with Gasteiger partial charge in [-0.05, 0) is 18.1 Å². The van der Waals surface area contributed by atoms with Crippen LogP contribution in [0.4, 0.5) is 8.78 Å². The third kappa shape index (κ3) is 3.40. The van der Waals surface area contributed by atoms with Crippen LogP contribution >= 0.6 is 11.6 Å². The zero-order chi connectivity index (χ0) is 13.0. The maximum atomic E-state index is 13.3. The lowest BCUT2D eigenvalue weighted by Gasteiger charge is -2.19. The Balaban J connectivity index is 2.90. The summed E-state index contributed by atoms with van der Waals surface area (Å²) in [5.74, 6) is -2.25. The van der Waals surface area contributed by atoms with E-state index < -0.39 is 23.1 Å². The number of carbonyl (C=O) groups is 1. The van der Waals surface area contributed by atoms with Crippen LogP contribution in [0.2, 0.25) is 0 Å². The molecular formula is C12H14ClF2NO. The van der Waals surface area contributed by atoms with E-state index in [0.717, 1.165) is 12.1 Å². The number of alkyl halides is 1. The Morgan fingerprint density at radius 2 is 1.88 bits per heavy atom. The van der Waals surface area contributed by atoms with Gasteiger partial charge < -0.3 is 5.32 Å². The van der Waals surface area contributed by atoms with Crippen molar-refractivity contribution in [3.05, 3.63) is 35.4 Å². The van der Waals surface area contributed by atoms with Crippen molar-refractivity contribution in [1.82, 2.24) is 5.32 Å². The molecule has 5 heteroatoms. The van der Waals surface area contributed by atoms with Crippen molar-refractivity contribution >= 4 is 17.5 Å². The average molecular weight is 262 g/mol. The van der Waals surface area contributed by atoms with Crippen LogP contribution in [0.1, 0.15) is 24.2 Å². The van der Waals surface area contributed by atoms with Gasteiger partial charge in [0.25, 0.3) is 5.91 Å². The molecule has 0 saturated heterocycles. The minimum absolute atomic E-state index is 0.0892. The first kappa shape index (κ1) is 13.9. The fourth-order valence-electron chi connectivity index (χ4n) is 1.34. The van der Waals surface area contributed by atoms with Crippen LogP contribution in [0.3, 0.4) is 0 Å². The van der Waals surface area contributed by atoms with E-state index in [-0.39, 0.29) is 17.8 Å². The van der Waals surface area contributed by atoms with Crippen LogP contribution in [0.25, 0.3) is 0 Å². The summed E-state index contributed by atoms with van der Waals surface area (Å²) in [4.78, 5) is 11.7. The number of hydrogen-bond acceptors (Lipinski definition) is 1. The Morgan fingerprint density at radius 1 is 1.35 bits per heavy atom. The fourth-order valence-corrected chi connectivity index (χ4v) is 1.77. The molecule has 1 amide bonds. The molecule has 1 aromatic carbocycles. The van der Waals surface area contributed by atoms with Crippen molar-refractivity contribution in [3.63, 3.8) is 0 Å². The van der Waals surface area contributed by atoms with Crippen LogP contribution in [0, 0.1) is 17.6 Å². The Labute approximate surface area is 104 Å². The van der Waals surface area contributed by atoms with E-state index in [4.69, 9.17) is 11.6 Å². The summed E-state index contributed by atoms with van der Waals surface area (Å²) in [5.41, 5.74) is -0.566. The van der Waals surface area contributed by atoms with Gasteiger partial charge in [-0.3, -0.25) is 4.79 Å². The number of hydrogen-bond donors (Lipinski definition) is 1. The second-order valence-corrected chi connectivity index (χ2v) is 4.38. The molecule has 0 saturated carbocycles. The summed E-state index contributed by atoms with van der Waals surface area (Å²) in [6, 6.07) is 2.98. The van der Waals surface area contributed by atoms with Gasteiger partial charge in [0.2, 0.25) is 0 Å². The standard InChI is InChI=1S/C12H14ClF2NO/c1-7(2)10(6-13)16-12(17)11-8(14)4-3-5-9(11)15/h3-5,7,10H,6H2,1-2H3,(H,16,17). The monoisotopic (exact) mass is 261 g/mol. The van der Waals surface area contributed by atoms with Gasteiger partial charge in [0.1, 0.15) is 17.2 Å². The molecule has 1 unspecified atom stereocenters. The van der Waals surface area contributed by atoms with Crippen LogP contribution in [-0.4, -0.2) is 17.8 Å². The summed E-state index contributed by atoms with van der Waals surface area (Å²) in [7, 11) is 0. The second kappa shape index (κ2) is 5.96. The van der Waals surface area contributed by atoms with Crippen molar-refractivity contribution in [2.45, 2.75) is 19.9 Å². The highest BCUT2D eigenvalue weighted by Gasteiger charge is 2.21. The van der Waals surface area contributed by atoms with Gasteiger partial charge in [0.15, 0.2) is 0 Å². The largest absolute Gasteiger partial charge is 0.348 e. The predicted octanol–water partition coefficient (Wildman–Crippen LogP) is 2.96. The lowest BCUT2D eigenvalue weighted by molar-refractivity contribution is 0.0922. The van der Waals surface area contributed by atoms with Gasteiger partial charge in [-0.1, -0.05) is 19.9 Å². The van der Waals surface area contributed by atoms with Crippen molar-refractivity contribution in [2.75, 3.05) is 5.88 Å². The Morgan fingerprint density at radius 3 is 2.29 bits per heavy atom. The number of halogens is 3. The molecular weight excluding hydrogens is 248 g/mol. The van der Waals surface area contributed by atoms with E-state index in [2.05, 4.69) is 5.32 Å². The van der Waals surface area contributed by atoms with Crippen molar-refractivity contribution in [1.29, 1.82) is 0 Å². The molecule has 0 bridgehead atoms. The van der Waals surface area contributed by atoms with Crippen molar-refractivity contribution < 1.29 is 13.6 Å². The number of rotatable bonds is 4. The zero-order valence-electron chi connectivity index (χ0n) is 9.64. The molecule has 1 N–H and O–H groups in total. The van der Waals surface area contributed by atoms with Crippen LogP contribution in [-0.2, 0) is 0 Å². The van der Waals surface area contributed by atoms with E-state index >= 15 is 0 Å². The van der Waals surface area contributed by atoms with E-state index in [9.17, 15) is 13.6 Å². The zero-order valence-corrected chi connectivity index (χ0v) is 10.4. The van der Waals surface area contributed by atoms with E-state index in [0.29, 0.717) is 0 Å². The molecule has 0 aromatic heterocycles. The SMILES string of the molecule is CC(C)C(CCl)NC(=O)c1c(F)cccc1F. The molecule has 0 spiro atoms. The van der Waals surface area contributed by atoms with E-state index in [1.54, 1.807) is 0 Å². The molecule has 0 aliphatic rings. The quantitative estimate of drug-likeness (QED) is 0.830. The van der Waals surface area contributed by atoms with Gasteiger partial charge in [-0.25, -0.2) is 8.78 Å². The molecule has 17 heavy (non-hydrogen) atoms. The maximum absolute atomic E-state index is 13.3. The third-order valence-corrected chi connectivity index (χ3v) is 2.81. The van der Waals surface area contributed by atoms with E-state index in [1.165, 1.54) is 6.07 Å². The maximum Gasteiger partial charge on any atom is 0.257 e. The average Bonchev–Trinajstić information content (AvgIpc) is 2.25. The number of amides is 1.